The molecule has 0 aliphatic carbocycles. The number of amides is 2. The van der Waals surface area contributed by atoms with Gasteiger partial charge in [-0.3, -0.25) is 9.59 Å². The van der Waals surface area contributed by atoms with Crippen LogP contribution >= 0.6 is 0 Å². The van der Waals surface area contributed by atoms with Crippen molar-refractivity contribution in [3.63, 3.8) is 0 Å². The summed E-state index contributed by atoms with van der Waals surface area (Å²) < 4.78 is 5.65. The van der Waals surface area contributed by atoms with Gasteiger partial charge in [0.25, 0.3) is 0 Å². The van der Waals surface area contributed by atoms with Gasteiger partial charge in [-0.15, -0.1) is 0 Å². The number of carbonyl (C=O) groups is 2. The van der Waals surface area contributed by atoms with Crippen molar-refractivity contribution < 1.29 is 24.5 Å². The van der Waals surface area contributed by atoms with Gasteiger partial charge in [0.1, 0.15) is 24.1 Å². The lowest BCUT2D eigenvalue weighted by molar-refractivity contribution is -0.107. The Morgan fingerprint density at radius 2 is 1.45 bits per heavy atom. The third-order valence-corrected chi connectivity index (χ3v) is 7.08. The van der Waals surface area contributed by atoms with E-state index in [1.54, 1.807) is 29.2 Å². The molecule has 0 heterocycles. The van der Waals surface area contributed by atoms with Gasteiger partial charge in [0.05, 0.1) is 6.54 Å². The largest absolute Gasteiger partial charge is 0.491 e. The Morgan fingerprint density at radius 3 is 2.05 bits per heavy atom. The standard InChI is InChI=1S/C34H37N3O5/c1-26(35-21-32(40)23-42-33-10-6-3-7-11-33)20-34(41,28-12-16-30(17-13-28)36-24-38)29-14-18-31(19-15-29)37(25-39)22-27-8-4-2-5-9-27/h2-19,24-26,32,35,40-41H,20-23H2,1H3,(H,36,38)/t26?,32-,34?/m0/s1. The predicted molar refractivity (Wildman–Crippen MR) is 164 cm³/mol. The van der Waals surface area contributed by atoms with Crippen LogP contribution in [0.15, 0.2) is 109 Å². The average molecular weight is 568 g/mol. The summed E-state index contributed by atoms with van der Waals surface area (Å²) in [5.74, 6) is 0.687. The zero-order valence-corrected chi connectivity index (χ0v) is 23.6. The maximum absolute atomic E-state index is 12.2. The molecular formula is C34H37N3O5. The van der Waals surface area contributed by atoms with Gasteiger partial charge in [-0.25, -0.2) is 0 Å². The maximum Gasteiger partial charge on any atom is 0.214 e. The number of ether oxygens (including phenoxy) is 1. The average Bonchev–Trinajstić information content (AvgIpc) is 3.03. The van der Waals surface area contributed by atoms with Crippen LogP contribution in [0.1, 0.15) is 30.0 Å². The van der Waals surface area contributed by atoms with Gasteiger partial charge in [0.2, 0.25) is 12.8 Å². The molecule has 8 nitrogen and oxygen atoms in total. The molecule has 0 fully saturated rings. The summed E-state index contributed by atoms with van der Waals surface area (Å²) in [6, 6.07) is 33.2. The molecular weight excluding hydrogens is 530 g/mol. The third-order valence-electron chi connectivity index (χ3n) is 7.08. The van der Waals surface area contributed by atoms with Gasteiger partial charge in [0, 0.05) is 24.0 Å². The summed E-state index contributed by atoms with van der Waals surface area (Å²) in [4.78, 5) is 24.4. The van der Waals surface area contributed by atoms with Gasteiger partial charge in [-0.05, 0) is 66.4 Å². The van der Waals surface area contributed by atoms with Gasteiger partial charge in [-0.2, -0.15) is 0 Å². The Kier molecular flexibility index (Phi) is 10.8. The topological polar surface area (TPSA) is 111 Å². The van der Waals surface area contributed by atoms with Gasteiger partial charge in [0.15, 0.2) is 0 Å². The number of anilines is 2. The number of nitrogens with one attached hydrogen (secondary N) is 2. The molecule has 4 aromatic carbocycles. The molecule has 0 radical (unpaired) electrons. The summed E-state index contributed by atoms with van der Waals surface area (Å²) in [6.07, 6.45) is 0.951. The Hall–Kier alpha value is -4.50. The molecule has 8 heteroatoms. The van der Waals surface area contributed by atoms with E-state index in [0.29, 0.717) is 47.6 Å². The van der Waals surface area contributed by atoms with Crippen molar-refractivity contribution in [1.29, 1.82) is 0 Å². The second kappa shape index (κ2) is 14.9. The second-order valence-electron chi connectivity index (χ2n) is 10.3. The minimum Gasteiger partial charge on any atom is -0.491 e. The van der Waals surface area contributed by atoms with Crippen LogP contribution in [-0.2, 0) is 21.7 Å². The number of aliphatic hydroxyl groups is 2. The smallest absolute Gasteiger partial charge is 0.214 e. The molecule has 218 valence electrons. The number of nitrogens with zero attached hydrogens (tertiary/aromatic N) is 1. The van der Waals surface area contributed by atoms with E-state index in [2.05, 4.69) is 10.6 Å². The highest BCUT2D eigenvalue weighted by Gasteiger charge is 2.33. The quantitative estimate of drug-likeness (QED) is 0.149. The number of aliphatic hydroxyl groups excluding tert-OH is 1. The molecule has 0 saturated carbocycles. The minimum absolute atomic E-state index is 0.136. The summed E-state index contributed by atoms with van der Waals surface area (Å²) in [5, 5.41) is 28.6. The van der Waals surface area contributed by atoms with Crippen molar-refractivity contribution in [1.82, 2.24) is 5.32 Å². The Balaban J connectivity index is 1.49. The van der Waals surface area contributed by atoms with E-state index in [-0.39, 0.29) is 19.2 Å². The van der Waals surface area contributed by atoms with Crippen molar-refractivity contribution in [2.45, 2.75) is 37.6 Å². The Morgan fingerprint density at radius 1 is 0.857 bits per heavy atom. The van der Waals surface area contributed by atoms with Gasteiger partial charge in [-0.1, -0.05) is 72.8 Å². The first kappa shape index (κ1) is 30.5. The van der Waals surface area contributed by atoms with Crippen LogP contribution in [0.2, 0.25) is 0 Å². The van der Waals surface area contributed by atoms with Crippen LogP contribution in [0, 0.1) is 0 Å². The molecule has 3 atom stereocenters. The molecule has 0 bridgehead atoms. The van der Waals surface area contributed by atoms with Crippen LogP contribution in [0.25, 0.3) is 0 Å². The van der Waals surface area contributed by atoms with E-state index in [1.807, 2.05) is 91.9 Å². The van der Waals surface area contributed by atoms with E-state index < -0.39 is 11.7 Å². The number of hydrogen-bond donors (Lipinski definition) is 4. The monoisotopic (exact) mass is 567 g/mol. The fourth-order valence-electron chi connectivity index (χ4n) is 4.83. The molecule has 0 aliphatic rings. The highest BCUT2D eigenvalue weighted by atomic mass is 16.5. The van der Waals surface area contributed by atoms with Crippen LogP contribution in [-0.4, -0.2) is 48.3 Å². The maximum atomic E-state index is 12.2. The van der Waals surface area contributed by atoms with E-state index in [9.17, 15) is 19.8 Å². The molecule has 0 saturated heterocycles. The first-order valence-corrected chi connectivity index (χ1v) is 13.9. The number of benzene rings is 4. The summed E-state index contributed by atoms with van der Waals surface area (Å²) in [6.45, 7) is 2.78. The molecule has 2 amide bonds. The number of para-hydroxylation sites is 1. The summed E-state index contributed by atoms with van der Waals surface area (Å²) in [5.41, 5.74) is 2.21. The van der Waals surface area contributed by atoms with Crippen LogP contribution < -0.4 is 20.3 Å². The number of rotatable bonds is 16. The van der Waals surface area contributed by atoms with Crippen LogP contribution in [0.5, 0.6) is 5.75 Å². The zero-order chi connectivity index (χ0) is 29.8. The molecule has 42 heavy (non-hydrogen) atoms. The molecule has 0 aromatic heterocycles. The highest BCUT2D eigenvalue weighted by molar-refractivity contribution is 5.75. The molecule has 4 N–H and O–H groups in total. The van der Waals surface area contributed by atoms with Crippen molar-refractivity contribution in [2.75, 3.05) is 23.4 Å². The van der Waals surface area contributed by atoms with Gasteiger partial charge < -0.3 is 30.5 Å². The lowest BCUT2D eigenvalue weighted by Crippen LogP contribution is -2.41. The fraction of sp³-hybridized carbons (Fsp3) is 0.235. The number of carbonyl (C=O) groups excluding carboxylic acids is 2. The lowest BCUT2D eigenvalue weighted by atomic mass is 9.81. The first-order valence-electron chi connectivity index (χ1n) is 13.9. The van der Waals surface area contributed by atoms with Gasteiger partial charge >= 0.3 is 0 Å². The van der Waals surface area contributed by atoms with Crippen LogP contribution in [0.4, 0.5) is 11.4 Å². The Bertz CT molecular complexity index is 1380. The van der Waals surface area contributed by atoms with Crippen LogP contribution in [0.3, 0.4) is 0 Å². The Labute approximate surface area is 246 Å². The molecule has 4 aromatic rings. The van der Waals surface area contributed by atoms with E-state index in [1.165, 1.54) is 0 Å². The lowest BCUT2D eigenvalue weighted by Gasteiger charge is -2.33. The minimum atomic E-state index is -1.40. The van der Waals surface area contributed by atoms with E-state index in [4.69, 9.17) is 4.74 Å². The summed E-state index contributed by atoms with van der Waals surface area (Å²) in [7, 11) is 0. The molecule has 2 unspecified atom stereocenters. The fourth-order valence-corrected chi connectivity index (χ4v) is 4.83. The molecule has 0 aliphatic heterocycles. The SMILES string of the molecule is CC(CC(O)(c1ccc(NC=O)cc1)c1ccc(N(C=O)Cc2ccccc2)cc1)NC[C@H](O)COc1ccccc1. The molecule has 4 rings (SSSR count). The zero-order valence-electron chi connectivity index (χ0n) is 23.6. The van der Waals surface area contributed by atoms with Crippen molar-refractivity contribution in [2.24, 2.45) is 0 Å². The second-order valence-corrected chi connectivity index (χ2v) is 10.3. The predicted octanol–water partition coefficient (Wildman–Crippen LogP) is 4.46. The third kappa shape index (κ3) is 8.27. The first-order chi connectivity index (χ1) is 20.4. The van der Waals surface area contributed by atoms with Crippen molar-refractivity contribution in [3.8, 4) is 5.75 Å². The van der Waals surface area contributed by atoms with Crippen molar-refractivity contribution >= 4 is 24.2 Å². The highest BCUT2D eigenvalue weighted by Crippen LogP contribution is 2.36. The number of hydrogen-bond acceptors (Lipinski definition) is 6. The molecule has 0 spiro atoms. The summed E-state index contributed by atoms with van der Waals surface area (Å²) >= 11 is 0. The van der Waals surface area contributed by atoms with E-state index >= 15 is 0 Å². The van der Waals surface area contributed by atoms with Crippen molar-refractivity contribution in [3.05, 3.63) is 126 Å². The normalized spacial score (nSPS) is 13.8. The van der Waals surface area contributed by atoms with E-state index in [0.717, 1.165) is 12.0 Å².